The summed E-state index contributed by atoms with van der Waals surface area (Å²) < 4.78 is 46.8. The van der Waals surface area contributed by atoms with Crippen molar-refractivity contribution in [2.75, 3.05) is 24.6 Å². The maximum atomic E-state index is 13.0. The van der Waals surface area contributed by atoms with Crippen LogP contribution in [0, 0.1) is 6.92 Å². The molecule has 1 aromatic carbocycles. The minimum absolute atomic E-state index is 0.0926. The molecule has 0 bridgehead atoms. The summed E-state index contributed by atoms with van der Waals surface area (Å²) in [6.45, 7) is 9.72. The van der Waals surface area contributed by atoms with Crippen LogP contribution in [-0.4, -0.2) is 62.3 Å². The molecule has 0 N–H and O–H groups in total. The lowest BCUT2D eigenvalue weighted by Crippen LogP contribution is -2.57. The first-order chi connectivity index (χ1) is 17.6. The number of fused-ring (bicyclic) bond motifs is 1. The Kier molecular flexibility index (Phi) is 7.35. The number of aromatic nitrogens is 4. The summed E-state index contributed by atoms with van der Waals surface area (Å²) in [6, 6.07) is 5.75. The third-order valence-electron chi connectivity index (χ3n) is 7.51. The summed E-state index contributed by atoms with van der Waals surface area (Å²) in [4.78, 5) is 18.6. The van der Waals surface area contributed by atoms with E-state index in [4.69, 9.17) is 21.3 Å². The fourth-order valence-corrected chi connectivity index (χ4v) is 5.66. The Hall–Kier alpha value is -2.43. The maximum absolute atomic E-state index is 13.0. The van der Waals surface area contributed by atoms with Crippen molar-refractivity contribution in [3.63, 3.8) is 0 Å². The van der Waals surface area contributed by atoms with E-state index in [0.717, 1.165) is 72.9 Å². The number of hydrogen-bond acceptors (Lipinski definition) is 6. The van der Waals surface area contributed by atoms with Gasteiger partial charge in [0.2, 0.25) is 5.28 Å². The van der Waals surface area contributed by atoms with Gasteiger partial charge in [-0.1, -0.05) is 19.1 Å². The van der Waals surface area contributed by atoms with Crippen molar-refractivity contribution in [1.29, 1.82) is 0 Å². The van der Waals surface area contributed by atoms with Gasteiger partial charge in [-0.3, -0.25) is 4.90 Å². The van der Waals surface area contributed by atoms with Crippen LogP contribution in [0.4, 0.5) is 19.0 Å². The van der Waals surface area contributed by atoms with Gasteiger partial charge >= 0.3 is 6.18 Å². The molecule has 7 nitrogen and oxygen atoms in total. The predicted octanol–water partition coefficient (Wildman–Crippen LogP) is 5.48. The quantitative estimate of drug-likeness (QED) is 0.389. The standard InChI is InChI=1S/C26H32ClF3N6O/c1-4-20-14-35(16(2)12-34(20)13-18-7-9-19(10-8-18)26(28,29)30)23-22-24(33-25(27)32-23)36(17(3)31-22)15-21-6-5-11-37-21/h7-10,16,20-21H,4-6,11-15H2,1-3H3/t16-,20+,21-/m0/s1. The minimum atomic E-state index is -4.33. The van der Waals surface area contributed by atoms with Crippen LogP contribution < -0.4 is 4.90 Å². The van der Waals surface area contributed by atoms with Gasteiger partial charge in [0.25, 0.3) is 0 Å². The van der Waals surface area contributed by atoms with Gasteiger partial charge in [0.05, 0.1) is 18.2 Å². The lowest BCUT2D eigenvalue weighted by molar-refractivity contribution is -0.137. The Balaban J connectivity index is 1.39. The van der Waals surface area contributed by atoms with Crippen LogP contribution in [0.1, 0.15) is 50.1 Å². The molecule has 2 aromatic heterocycles. The van der Waals surface area contributed by atoms with E-state index in [1.807, 2.05) is 6.92 Å². The first-order valence-corrected chi connectivity index (χ1v) is 13.2. The smallest absolute Gasteiger partial charge is 0.376 e. The van der Waals surface area contributed by atoms with Crippen molar-refractivity contribution in [2.45, 2.75) is 77.5 Å². The molecule has 4 heterocycles. The topological polar surface area (TPSA) is 59.3 Å². The van der Waals surface area contributed by atoms with Gasteiger partial charge in [-0.15, -0.1) is 0 Å². The zero-order chi connectivity index (χ0) is 26.3. The summed E-state index contributed by atoms with van der Waals surface area (Å²) in [5.74, 6) is 1.58. The van der Waals surface area contributed by atoms with Gasteiger partial charge in [0.15, 0.2) is 17.0 Å². The summed E-state index contributed by atoms with van der Waals surface area (Å²) in [6.07, 6.45) is -1.22. The zero-order valence-electron chi connectivity index (χ0n) is 21.3. The molecule has 0 saturated carbocycles. The fourth-order valence-electron chi connectivity index (χ4n) is 5.50. The highest BCUT2D eigenvalue weighted by atomic mass is 35.5. The van der Waals surface area contributed by atoms with Crippen molar-refractivity contribution < 1.29 is 17.9 Å². The van der Waals surface area contributed by atoms with Crippen LogP contribution in [-0.2, 0) is 24.0 Å². The van der Waals surface area contributed by atoms with Crippen LogP contribution in [0.3, 0.4) is 0 Å². The van der Waals surface area contributed by atoms with Crippen molar-refractivity contribution in [2.24, 2.45) is 0 Å². The third-order valence-corrected chi connectivity index (χ3v) is 7.68. The minimum Gasteiger partial charge on any atom is -0.376 e. The molecule has 3 aromatic rings. The van der Waals surface area contributed by atoms with E-state index in [-0.39, 0.29) is 23.5 Å². The Labute approximate surface area is 219 Å². The van der Waals surface area contributed by atoms with Crippen LogP contribution >= 0.6 is 11.6 Å². The number of imidazole rings is 1. The Morgan fingerprint density at radius 1 is 1.11 bits per heavy atom. The monoisotopic (exact) mass is 536 g/mol. The Bertz CT molecular complexity index is 1240. The van der Waals surface area contributed by atoms with Gasteiger partial charge in [0.1, 0.15) is 5.82 Å². The second-order valence-electron chi connectivity index (χ2n) is 10.1. The molecule has 200 valence electrons. The number of halogens is 4. The van der Waals surface area contributed by atoms with E-state index >= 15 is 0 Å². The SMILES string of the molecule is CC[C@@H]1CN(c2nc(Cl)nc3c2nc(C)n3C[C@@H]2CCCO2)[C@@H](C)CN1Cc1ccc(C(F)(F)F)cc1. The third kappa shape index (κ3) is 5.42. The first-order valence-electron chi connectivity index (χ1n) is 12.8. The van der Waals surface area contributed by atoms with E-state index in [2.05, 4.69) is 38.2 Å². The van der Waals surface area contributed by atoms with Gasteiger partial charge in [-0.2, -0.15) is 23.1 Å². The second-order valence-corrected chi connectivity index (χ2v) is 10.4. The summed E-state index contributed by atoms with van der Waals surface area (Å²) >= 11 is 6.43. The lowest BCUT2D eigenvalue weighted by atomic mass is 10.0. The number of piperazine rings is 1. The molecule has 0 amide bonds. The average Bonchev–Trinajstić information content (AvgIpc) is 3.47. The number of rotatable bonds is 6. The van der Waals surface area contributed by atoms with Gasteiger partial charge < -0.3 is 14.2 Å². The fraction of sp³-hybridized carbons (Fsp3) is 0.577. The van der Waals surface area contributed by atoms with Gasteiger partial charge in [-0.25, -0.2) is 4.98 Å². The summed E-state index contributed by atoms with van der Waals surface area (Å²) in [5, 5.41) is 0.184. The van der Waals surface area contributed by atoms with Crippen molar-refractivity contribution >= 4 is 28.6 Å². The van der Waals surface area contributed by atoms with Gasteiger partial charge in [0, 0.05) is 38.3 Å². The molecular formula is C26H32ClF3N6O. The average molecular weight is 537 g/mol. The number of hydrogen-bond donors (Lipinski definition) is 0. The second kappa shape index (κ2) is 10.4. The highest BCUT2D eigenvalue weighted by Gasteiger charge is 2.34. The number of benzene rings is 1. The van der Waals surface area contributed by atoms with Gasteiger partial charge in [-0.05, 0) is 62.4 Å². The number of nitrogens with zero attached hydrogens (tertiary/aromatic N) is 6. The molecule has 11 heteroatoms. The van der Waals surface area contributed by atoms with Crippen molar-refractivity contribution in [3.05, 3.63) is 46.5 Å². The van der Waals surface area contributed by atoms with E-state index in [1.54, 1.807) is 12.1 Å². The Morgan fingerprint density at radius 2 is 1.86 bits per heavy atom. The molecular weight excluding hydrogens is 505 g/mol. The summed E-state index contributed by atoms with van der Waals surface area (Å²) in [5.41, 5.74) is 1.69. The van der Waals surface area contributed by atoms with E-state index in [0.29, 0.717) is 19.6 Å². The predicted molar refractivity (Wildman–Crippen MR) is 137 cm³/mol. The van der Waals surface area contributed by atoms with Crippen molar-refractivity contribution in [3.8, 4) is 0 Å². The molecule has 5 rings (SSSR count). The Morgan fingerprint density at radius 3 is 2.51 bits per heavy atom. The van der Waals surface area contributed by atoms with E-state index < -0.39 is 11.7 Å². The molecule has 2 fully saturated rings. The van der Waals surface area contributed by atoms with Crippen molar-refractivity contribution in [1.82, 2.24) is 24.4 Å². The van der Waals surface area contributed by atoms with Crippen LogP contribution in [0.25, 0.3) is 11.2 Å². The molecule has 2 aliphatic heterocycles. The highest BCUT2D eigenvalue weighted by Crippen LogP contribution is 2.33. The molecule has 3 atom stereocenters. The number of ether oxygens (including phenoxy) is 1. The van der Waals surface area contributed by atoms with Crippen LogP contribution in [0.2, 0.25) is 5.28 Å². The van der Waals surface area contributed by atoms with E-state index in [9.17, 15) is 13.2 Å². The normalized spacial score (nSPS) is 23.3. The number of anilines is 1. The molecule has 2 saturated heterocycles. The maximum Gasteiger partial charge on any atom is 0.416 e. The van der Waals surface area contributed by atoms with Crippen LogP contribution in [0.15, 0.2) is 24.3 Å². The first kappa shape index (κ1) is 26.2. The molecule has 0 unspecified atom stereocenters. The molecule has 0 aliphatic carbocycles. The molecule has 0 radical (unpaired) electrons. The molecule has 0 spiro atoms. The van der Waals surface area contributed by atoms with Crippen LogP contribution in [0.5, 0.6) is 0 Å². The molecule has 37 heavy (non-hydrogen) atoms. The number of aryl methyl sites for hydroxylation is 1. The highest BCUT2D eigenvalue weighted by molar-refractivity contribution is 6.28. The van der Waals surface area contributed by atoms with E-state index in [1.165, 1.54) is 0 Å². The lowest BCUT2D eigenvalue weighted by Gasteiger charge is -2.45. The molecule has 2 aliphatic rings. The summed E-state index contributed by atoms with van der Waals surface area (Å²) in [7, 11) is 0. The largest absolute Gasteiger partial charge is 0.416 e. The zero-order valence-corrected chi connectivity index (χ0v) is 22.1. The number of alkyl halides is 3.